The second-order valence-corrected chi connectivity index (χ2v) is 6.41. The van der Waals surface area contributed by atoms with Crippen LogP contribution in [-0.4, -0.2) is 43.5 Å². The molecule has 9 heteroatoms. The maximum absolute atomic E-state index is 12.6. The average molecular weight is 501 g/mol. The van der Waals surface area contributed by atoms with E-state index in [0.29, 0.717) is 30.6 Å². The number of aliphatic imine (C=N–C) groups is 1. The number of ether oxygens (including phenoxy) is 1. The first-order valence-electron chi connectivity index (χ1n) is 8.82. The number of rotatable bonds is 9. The summed E-state index contributed by atoms with van der Waals surface area (Å²) in [6, 6.07) is 4.92. The maximum atomic E-state index is 12.6. The lowest BCUT2D eigenvalue weighted by atomic mass is 10.1. The van der Waals surface area contributed by atoms with Crippen molar-refractivity contribution in [3.05, 3.63) is 35.4 Å². The predicted octanol–water partition coefficient (Wildman–Crippen LogP) is 3.17. The molecule has 0 radical (unpaired) electrons. The lowest BCUT2D eigenvalue weighted by Crippen LogP contribution is -2.42. The molecular weight excluding hydrogens is 474 g/mol. The van der Waals surface area contributed by atoms with Gasteiger partial charge in [-0.2, -0.15) is 13.2 Å². The van der Waals surface area contributed by atoms with Crippen molar-refractivity contribution in [3.8, 4) is 0 Å². The number of alkyl halides is 3. The van der Waals surface area contributed by atoms with E-state index in [1.165, 1.54) is 25.0 Å². The summed E-state index contributed by atoms with van der Waals surface area (Å²) >= 11 is 0. The van der Waals surface area contributed by atoms with Gasteiger partial charge in [-0.15, -0.1) is 24.0 Å². The van der Waals surface area contributed by atoms with E-state index in [9.17, 15) is 18.3 Å². The van der Waals surface area contributed by atoms with Crippen LogP contribution >= 0.6 is 24.0 Å². The molecule has 154 valence electrons. The molecule has 0 spiro atoms. The second kappa shape index (κ2) is 11.7. The van der Waals surface area contributed by atoms with Gasteiger partial charge >= 0.3 is 6.18 Å². The molecule has 0 bridgehead atoms. The molecule has 5 nitrogen and oxygen atoms in total. The van der Waals surface area contributed by atoms with Crippen molar-refractivity contribution in [2.24, 2.45) is 10.9 Å². The van der Waals surface area contributed by atoms with Crippen LogP contribution in [0.5, 0.6) is 0 Å². The highest BCUT2D eigenvalue weighted by atomic mass is 127. The minimum atomic E-state index is -4.34. The zero-order valence-corrected chi connectivity index (χ0v) is 17.6. The Kier molecular flexibility index (Phi) is 10.4. The summed E-state index contributed by atoms with van der Waals surface area (Å²) in [7, 11) is 0. The molecule has 0 aliphatic heterocycles. The number of hydrogen-bond acceptors (Lipinski definition) is 3. The standard InChI is InChI=1S/C18H26F3N3O2.HI/c1-2-22-17(24-10-16(25)12-26-11-14-3-4-14)23-9-13-5-7-15(8-6-13)18(19,20)21;/h5-8,14,16,25H,2-4,9-12H2,1H3,(H2,22,23,24);1H. The van der Waals surface area contributed by atoms with E-state index in [2.05, 4.69) is 15.6 Å². The lowest BCUT2D eigenvalue weighted by Gasteiger charge is -2.15. The third-order valence-electron chi connectivity index (χ3n) is 3.91. The van der Waals surface area contributed by atoms with Crippen molar-refractivity contribution >= 4 is 29.9 Å². The normalized spacial score (nSPS) is 15.8. The van der Waals surface area contributed by atoms with Crippen LogP contribution in [0.2, 0.25) is 0 Å². The van der Waals surface area contributed by atoms with Crippen molar-refractivity contribution in [2.45, 2.75) is 38.6 Å². The first-order chi connectivity index (χ1) is 12.4. The van der Waals surface area contributed by atoms with E-state index in [4.69, 9.17) is 4.74 Å². The van der Waals surface area contributed by atoms with Gasteiger partial charge in [0.15, 0.2) is 5.96 Å². The Hall–Kier alpha value is -1.07. The Morgan fingerprint density at radius 1 is 1.26 bits per heavy atom. The van der Waals surface area contributed by atoms with Gasteiger partial charge in [0.2, 0.25) is 0 Å². The molecule has 1 atom stereocenters. The van der Waals surface area contributed by atoms with Crippen LogP contribution in [0.3, 0.4) is 0 Å². The summed E-state index contributed by atoms with van der Waals surface area (Å²) in [5.41, 5.74) is -0.00639. The molecule has 0 aromatic heterocycles. The third kappa shape index (κ3) is 9.61. The smallest absolute Gasteiger partial charge is 0.389 e. The monoisotopic (exact) mass is 501 g/mol. The fourth-order valence-corrected chi connectivity index (χ4v) is 2.24. The van der Waals surface area contributed by atoms with Gasteiger partial charge in [0.1, 0.15) is 0 Å². The van der Waals surface area contributed by atoms with Crippen molar-refractivity contribution in [1.82, 2.24) is 10.6 Å². The summed E-state index contributed by atoms with van der Waals surface area (Å²) in [4.78, 5) is 4.33. The first kappa shape index (κ1) is 24.0. The number of guanidine groups is 1. The van der Waals surface area contributed by atoms with Crippen LogP contribution in [0.25, 0.3) is 0 Å². The highest BCUT2D eigenvalue weighted by Crippen LogP contribution is 2.29. The molecule has 1 aromatic rings. The highest BCUT2D eigenvalue weighted by Gasteiger charge is 2.29. The molecular formula is C18H27F3IN3O2. The maximum Gasteiger partial charge on any atom is 0.416 e. The van der Waals surface area contributed by atoms with Gasteiger partial charge in [-0.05, 0) is 43.4 Å². The van der Waals surface area contributed by atoms with Crippen molar-refractivity contribution in [3.63, 3.8) is 0 Å². The average Bonchev–Trinajstić information content (AvgIpc) is 3.41. The van der Waals surface area contributed by atoms with Crippen LogP contribution < -0.4 is 10.6 Å². The van der Waals surface area contributed by atoms with Gasteiger partial charge < -0.3 is 20.5 Å². The number of hydrogen-bond donors (Lipinski definition) is 3. The zero-order valence-electron chi connectivity index (χ0n) is 15.3. The molecule has 1 fully saturated rings. The summed E-state index contributed by atoms with van der Waals surface area (Å²) in [5.74, 6) is 1.14. The number of nitrogens with zero attached hydrogens (tertiary/aromatic N) is 1. The fraction of sp³-hybridized carbons (Fsp3) is 0.611. The summed E-state index contributed by atoms with van der Waals surface area (Å²) < 4.78 is 43.1. The van der Waals surface area contributed by atoms with Crippen LogP contribution in [0, 0.1) is 5.92 Å². The zero-order chi connectivity index (χ0) is 19.0. The van der Waals surface area contributed by atoms with E-state index in [-0.39, 0.29) is 43.7 Å². The van der Waals surface area contributed by atoms with Crippen LogP contribution in [0.15, 0.2) is 29.3 Å². The van der Waals surface area contributed by atoms with E-state index < -0.39 is 17.8 Å². The molecule has 0 heterocycles. The van der Waals surface area contributed by atoms with Crippen LogP contribution in [-0.2, 0) is 17.5 Å². The molecule has 2 rings (SSSR count). The highest BCUT2D eigenvalue weighted by molar-refractivity contribution is 14.0. The molecule has 1 aliphatic carbocycles. The molecule has 1 unspecified atom stereocenters. The van der Waals surface area contributed by atoms with Crippen LogP contribution in [0.4, 0.5) is 13.2 Å². The fourth-order valence-electron chi connectivity index (χ4n) is 2.24. The minimum Gasteiger partial charge on any atom is -0.389 e. The second-order valence-electron chi connectivity index (χ2n) is 6.41. The number of aliphatic hydroxyl groups is 1. The molecule has 1 saturated carbocycles. The number of nitrogens with one attached hydrogen (secondary N) is 2. The van der Waals surface area contributed by atoms with Crippen LogP contribution in [0.1, 0.15) is 30.9 Å². The Labute approximate surface area is 174 Å². The number of halogens is 4. The molecule has 0 amide bonds. The van der Waals surface area contributed by atoms with E-state index in [0.717, 1.165) is 12.1 Å². The first-order valence-corrected chi connectivity index (χ1v) is 8.82. The summed E-state index contributed by atoms with van der Waals surface area (Å²) in [5, 5.41) is 16.0. The molecule has 1 aliphatic rings. The molecule has 1 aromatic carbocycles. The van der Waals surface area contributed by atoms with Gasteiger partial charge in [0.05, 0.1) is 24.8 Å². The van der Waals surface area contributed by atoms with Gasteiger partial charge in [-0.25, -0.2) is 4.99 Å². The Balaban J connectivity index is 0.00000364. The topological polar surface area (TPSA) is 65.9 Å². The largest absolute Gasteiger partial charge is 0.416 e. The van der Waals surface area contributed by atoms with E-state index in [1.54, 1.807) is 0 Å². The summed E-state index contributed by atoms with van der Waals surface area (Å²) in [6.45, 7) is 4.02. The van der Waals surface area contributed by atoms with Gasteiger partial charge in [0, 0.05) is 19.7 Å². The number of benzene rings is 1. The Morgan fingerprint density at radius 2 is 1.93 bits per heavy atom. The molecule has 27 heavy (non-hydrogen) atoms. The van der Waals surface area contributed by atoms with Crippen molar-refractivity contribution in [2.75, 3.05) is 26.3 Å². The summed E-state index contributed by atoms with van der Waals surface area (Å²) in [6.07, 6.45) is -2.58. The van der Waals surface area contributed by atoms with Gasteiger partial charge in [0.25, 0.3) is 0 Å². The SMILES string of the molecule is CCNC(=NCc1ccc(C(F)(F)F)cc1)NCC(O)COCC1CC1.I. The lowest BCUT2D eigenvalue weighted by molar-refractivity contribution is -0.137. The van der Waals surface area contributed by atoms with Gasteiger partial charge in [-0.1, -0.05) is 12.1 Å². The molecule has 3 N–H and O–H groups in total. The third-order valence-corrected chi connectivity index (χ3v) is 3.91. The predicted molar refractivity (Wildman–Crippen MR) is 109 cm³/mol. The van der Waals surface area contributed by atoms with E-state index >= 15 is 0 Å². The van der Waals surface area contributed by atoms with Crippen molar-refractivity contribution in [1.29, 1.82) is 0 Å². The Bertz CT molecular complexity index is 578. The van der Waals surface area contributed by atoms with Gasteiger partial charge in [-0.3, -0.25) is 0 Å². The number of aliphatic hydroxyl groups excluding tert-OH is 1. The van der Waals surface area contributed by atoms with Crippen molar-refractivity contribution < 1.29 is 23.0 Å². The quantitative estimate of drug-likeness (QED) is 0.277. The Morgan fingerprint density at radius 3 is 2.48 bits per heavy atom. The molecule has 0 saturated heterocycles. The van der Waals surface area contributed by atoms with E-state index in [1.807, 2.05) is 6.92 Å². The minimum absolute atomic E-state index is 0.